The van der Waals surface area contributed by atoms with Crippen molar-refractivity contribution in [1.82, 2.24) is 5.32 Å². The Morgan fingerprint density at radius 3 is 2.68 bits per heavy atom. The third-order valence-electron chi connectivity index (χ3n) is 2.86. The number of carbonyl (C=O) groups is 2. The van der Waals surface area contributed by atoms with Crippen molar-refractivity contribution in [1.29, 1.82) is 0 Å². The first kappa shape index (κ1) is 15.1. The zero-order valence-electron chi connectivity index (χ0n) is 11.3. The summed E-state index contributed by atoms with van der Waals surface area (Å²) in [5.41, 5.74) is 2.40. The van der Waals surface area contributed by atoms with Crippen molar-refractivity contribution in [2.24, 2.45) is 0 Å². The van der Waals surface area contributed by atoms with Crippen molar-refractivity contribution >= 4 is 11.8 Å². The Kier molecular flexibility index (Phi) is 5.45. The highest BCUT2D eigenvalue weighted by Crippen LogP contribution is 2.14. The van der Waals surface area contributed by atoms with Crippen molar-refractivity contribution in [3.05, 3.63) is 47.5 Å². The number of aliphatic carboxylic acids is 1. The average Bonchev–Trinajstić information content (AvgIpc) is 2.36. The van der Waals surface area contributed by atoms with E-state index in [2.05, 4.69) is 11.9 Å². The van der Waals surface area contributed by atoms with Gasteiger partial charge in [0.2, 0.25) is 0 Å². The first-order valence-corrected chi connectivity index (χ1v) is 6.13. The van der Waals surface area contributed by atoms with Crippen molar-refractivity contribution in [2.45, 2.75) is 26.3 Å². The molecule has 0 spiro atoms. The normalized spacial score (nSPS) is 11.9. The molecule has 0 amide bonds. The molecular formula is C15H19NO3. The van der Waals surface area contributed by atoms with Crippen LogP contribution in [0, 0.1) is 13.8 Å². The highest BCUT2D eigenvalue weighted by molar-refractivity contribution is 6.02. The van der Waals surface area contributed by atoms with Crippen LogP contribution in [0.25, 0.3) is 0 Å². The van der Waals surface area contributed by atoms with Crippen LogP contribution in [-0.4, -0.2) is 29.4 Å². The van der Waals surface area contributed by atoms with Crippen molar-refractivity contribution < 1.29 is 14.7 Å². The first-order chi connectivity index (χ1) is 8.95. The Morgan fingerprint density at radius 2 is 2.11 bits per heavy atom. The van der Waals surface area contributed by atoms with E-state index in [0.717, 1.165) is 11.1 Å². The predicted octanol–water partition coefficient (Wildman–Crippen LogP) is 2.11. The van der Waals surface area contributed by atoms with Gasteiger partial charge in [-0.05, 0) is 25.5 Å². The number of rotatable bonds is 7. The summed E-state index contributed by atoms with van der Waals surface area (Å²) in [5, 5.41) is 11.8. The molecule has 0 aliphatic carbocycles. The fraction of sp³-hybridized carbons (Fsp3) is 0.333. The standard InChI is InChI=1S/C15H19NO3/c1-4-7-16-13(9-14(17)18)15(19)12-8-10(2)5-6-11(12)3/h4-6,8,13,16H,1,7,9H2,2-3H3,(H,17,18). The first-order valence-electron chi connectivity index (χ1n) is 6.13. The van der Waals surface area contributed by atoms with Crippen LogP contribution in [0.5, 0.6) is 0 Å². The zero-order chi connectivity index (χ0) is 14.4. The lowest BCUT2D eigenvalue weighted by atomic mass is 9.96. The quantitative estimate of drug-likeness (QED) is 0.582. The van der Waals surface area contributed by atoms with Gasteiger partial charge in [0, 0.05) is 12.1 Å². The van der Waals surface area contributed by atoms with Crippen LogP contribution >= 0.6 is 0 Å². The number of nitrogens with one attached hydrogen (secondary N) is 1. The molecule has 1 unspecified atom stereocenters. The van der Waals surface area contributed by atoms with Gasteiger partial charge < -0.3 is 10.4 Å². The van der Waals surface area contributed by atoms with Gasteiger partial charge in [0.1, 0.15) is 0 Å². The molecule has 19 heavy (non-hydrogen) atoms. The molecule has 1 aromatic rings. The van der Waals surface area contributed by atoms with Gasteiger partial charge >= 0.3 is 5.97 Å². The molecular weight excluding hydrogens is 242 g/mol. The molecule has 0 fully saturated rings. The number of benzene rings is 1. The Balaban J connectivity index is 3.00. The van der Waals surface area contributed by atoms with Gasteiger partial charge in [-0.15, -0.1) is 6.58 Å². The highest BCUT2D eigenvalue weighted by atomic mass is 16.4. The number of carboxylic acid groups (broad SMARTS) is 1. The lowest BCUT2D eigenvalue weighted by molar-refractivity contribution is -0.137. The summed E-state index contributed by atoms with van der Waals surface area (Å²) in [6.07, 6.45) is 1.37. The van der Waals surface area contributed by atoms with Crippen LogP contribution in [0.15, 0.2) is 30.9 Å². The smallest absolute Gasteiger partial charge is 0.305 e. The van der Waals surface area contributed by atoms with Crippen LogP contribution in [-0.2, 0) is 4.79 Å². The van der Waals surface area contributed by atoms with E-state index in [1.165, 1.54) is 0 Å². The minimum absolute atomic E-state index is 0.189. The molecule has 0 bridgehead atoms. The summed E-state index contributed by atoms with van der Waals surface area (Å²) in [4.78, 5) is 23.2. The summed E-state index contributed by atoms with van der Waals surface area (Å²) in [7, 11) is 0. The number of carboxylic acids is 1. The summed E-state index contributed by atoms with van der Waals surface area (Å²) in [6.45, 7) is 7.70. The van der Waals surface area contributed by atoms with Crippen molar-refractivity contribution in [3.8, 4) is 0 Å². The van der Waals surface area contributed by atoms with Crippen LogP contribution in [0.1, 0.15) is 27.9 Å². The van der Waals surface area contributed by atoms with Gasteiger partial charge in [0.15, 0.2) is 5.78 Å². The van der Waals surface area contributed by atoms with Crippen LogP contribution < -0.4 is 5.32 Å². The third kappa shape index (κ3) is 4.34. The SMILES string of the molecule is C=CCNC(CC(=O)O)C(=O)c1cc(C)ccc1C. The van der Waals surface area contributed by atoms with E-state index in [4.69, 9.17) is 5.11 Å². The van der Waals surface area contributed by atoms with Crippen LogP contribution in [0.4, 0.5) is 0 Å². The number of ketones is 1. The molecule has 0 aliphatic heterocycles. The lowest BCUT2D eigenvalue weighted by Gasteiger charge is -2.16. The Labute approximate surface area is 113 Å². The van der Waals surface area contributed by atoms with Gasteiger partial charge in [0.05, 0.1) is 12.5 Å². The maximum absolute atomic E-state index is 12.4. The minimum Gasteiger partial charge on any atom is -0.481 e. The Hall–Kier alpha value is -1.94. The summed E-state index contributed by atoms with van der Waals surface area (Å²) in [5.74, 6) is -1.19. The highest BCUT2D eigenvalue weighted by Gasteiger charge is 2.23. The van der Waals surface area contributed by atoms with E-state index in [9.17, 15) is 9.59 Å². The van der Waals surface area contributed by atoms with Crippen LogP contribution in [0.2, 0.25) is 0 Å². The number of carbonyl (C=O) groups excluding carboxylic acids is 1. The van der Waals surface area contributed by atoms with E-state index in [-0.39, 0.29) is 12.2 Å². The lowest BCUT2D eigenvalue weighted by Crippen LogP contribution is -2.39. The summed E-state index contributed by atoms with van der Waals surface area (Å²) < 4.78 is 0. The molecule has 1 atom stereocenters. The molecule has 0 heterocycles. The maximum atomic E-state index is 12.4. The maximum Gasteiger partial charge on any atom is 0.305 e. The zero-order valence-corrected chi connectivity index (χ0v) is 11.3. The molecule has 0 aliphatic rings. The van der Waals surface area contributed by atoms with Crippen molar-refractivity contribution in [3.63, 3.8) is 0 Å². The molecule has 1 aromatic carbocycles. The number of hydrogen-bond acceptors (Lipinski definition) is 3. The average molecular weight is 261 g/mol. The molecule has 0 radical (unpaired) electrons. The monoisotopic (exact) mass is 261 g/mol. The number of aryl methyl sites for hydroxylation is 2. The van der Waals surface area contributed by atoms with E-state index in [1.54, 1.807) is 12.1 Å². The summed E-state index contributed by atoms with van der Waals surface area (Å²) >= 11 is 0. The minimum atomic E-state index is -1.000. The largest absolute Gasteiger partial charge is 0.481 e. The predicted molar refractivity (Wildman–Crippen MR) is 74.5 cm³/mol. The topological polar surface area (TPSA) is 66.4 Å². The van der Waals surface area contributed by atoms with Crippen LogP contribution in [0.3, 0.4) is 0 Å². The fourth-order valence-electron chi connectivity index (χ4n) is 1.85. The van der Waals surface area contributed by atoms with Gasteiger partial charge in [-0.25, -0.2) is 0 Å². The van der Waals surface area contributed by atoms with Gasteiger partial charge in [-0.2, -0.15) is 0 Å². The van der Waals surface area contributed by atoms with Gasteiger partial charge in [0.25, 0.3) is 0 Å². The van der Waals surface area contributed by atoms with Crippen molar-refractivity contribution in [2.75, 3.05) is 6.54 Å². The fourth-order valence-corrected chi connectivity index (χ4v) is 1.85. The molecule has 4 heteroatoms. The third-order valence-corrected chi connectivity index (χ3v) is 2.86. The second-order valence-corrected chi connectivity index (χ2v) is 4.53. The second kappa shape index (κ2) is 6.85. The molecule has 0 saturated heterocycles. The Bertz CT molecular complexity index is 494. The van der Waals surface area contributed by atoms with E-state index in [1.807, 2.05) is 26.0 Å². The molecule has 4 nitrogen and oxygen atoms in total. The Morgan fingerprint density at radius 1 is 1.42 bits per heavy atom. The van der Waals surface area contributed by atoms with E-state index < -0.39 is 12.0 Å². The number of Topliss-reactive ketones (excluding diaryl/α,β-unsaturated/α-hetero) is 1. The number of hydrogen-bond donors (Lipinski definition) is 2. The van der Waals surface area contributed by atoms with E-state index >= 15 is 0 Å². The molecule has 0 aromatic heterocycles. The molecule has 0 saturated carbocycles. The van der Waals surface area contributed by atoms with Gasteiger partial charge in [-0.1, -0.05) is 23.8 Å². The second-order valence-electron chi connectivity index (χ2n) is 4.53. The molecule has 102 valence electrons. The molecule has 1 rings (SSSR count). The van der Waals surface area contributed by atoms with Gasteiger partial charge in [-0.3, -0.25) is 9.59 Å². The van der Waals surface area contributed by atoms with E-state index in [0.29, 0.717) is 12.1 Å². The summed E-state index contributed by atoms with van der Waals surface area (Å²) in [6, 6.07) is 4.86. The molecule has 2 N–H and O–H groups in total.